The van der Waals surface area contributed by atoms with Gasteiger partial charge in [-0.25, -0.2) is 0 Å². The molecule has 1 N–H and O–H groups in total. The summed E-state index contributed by atoms with van der Waals surface area (Å²) < 4.78 is 0. The number of likely N-dealkylation sites (N-methyl/N-ethyl adjacent to an activating group) is 2. The molecule has 1 aromatic heterocycles. The van der Waals surface area contributed by atoms with Crippen LogP contribution < -0.4 is 5.32 Å². The highest BCUT2D eigenvalue weighted by Crippen LogP contribution is 2.41. The molecule has 0 radical (unpaired) electrons. The van der Waals surface area contributed by atoms with Crippen molar-refractivity contribution in [1.82, 2.24) is 20.1 Å². The van der Waals surface area contributed by atoms with Crippen LogP contribution in [0.4, 0.5) is 0 Å². The molecular formula is C19H30N4O. The van der Waals surface area contributed by atoms with Crippen molar-refractivity contribution in [3.63, 3.8) is 0 Å². The molecule has 1 atom stereocenters. The summed E-state index contributed by atoms with van der Waals surface area (Å²) in [6.45, 7) is 7.87. The maximum atomic E-state index is 13.0. The van der Waals surface area contributed by atoms with Gasteiger partial charge in [-0.2, -0.15) is 0 Å². The summed E-state index contributed by atoms with van der Waals surface area (Å²) in [6.07, 6.45) is 3.36. The van der Waals surface area contributed by atoms with E-state index in [2.05, 4.69) is 41.3 Å². The van der Waals surface area contributed by atoms with Crippen LogP contribution in [0.2, 0.25) is 0 Å². The van der Waals surface area contributed by atoms with Gasteiger partial charge in [-0.3, -0.25) is 14.7 Å². The molecule has 132 valence electrons. The summed E-state index contributed by atoms with van der Waals surface area (Å²) in [6, 6.07) is 4.15. The van der Waals surface area contributed by atoms with Crippen molar-refractivity contribution < 1.29 is 4.79 Å². The van der Waals surface area contributed by atoms with E-state index in [0.717, 1.165) is 37.4 Å². The second-order valence-electron chi connectivity index (χ2n) is 7.86. The summed E-state index contributed by atoms with van der Waals surface area (Å²) in [5, 5.41) is 3.44. The molecule has 3 heterocycles. The lowest BCUT2D eigenvalue weighted by Crippen LogP contribution is -2.42. The van der Waals surface area contributed by atoms with Crippen molar-refractivity contribution in [2.24, 2.45) is 5.41 Å². The monoisotopic (exact) mass is 330 g/mol. The molecule has 1 spiro atoms. The van der Waals surface area contributed by atoms with E-state index < -0.39 is 0 Å². The smallest absolute Gasteiger partial charge is 0.240 e. The van der Waals surface area contributed by atoms with E-state index in [0.29, 0.717) is 12.0 Å². The maximum Gasteiger partial charge on any atom is 0.240 e. The van der Waals surface area contributed by atoms with Gasteiger partial charge in [0.05, 0.1) is 18.3 Å². The number of aryl methyl sites for hydroxylation is 2. The van der Waals surface area contributed by atoms with Gasteiger partial charge in [0.2, 0.25) is 5.91 Å². The minimum atomic E-state index is 0.0130. The fourth-order valence-electron chi connectivity index (χ4n) is 4.45. The van der Waals surface area contributed by atoms with Crippen molar-refractivity contribution >= 4 is 5.91 Å². The minimum absolute atomic E-state index is 0.0130. The third kappa shape index (κ3) is 3.62. The second kappa shape index (κ2) is 6.81. The Morgan fingerprint density at radius 2 is 2.08 bits per heavy atom. The first-order valence-corrected chi connectivity index (χ1v) is 8.99. The van der Waals surface area contributed by atoms with Crippen LogP contribution in [-0.4, -0.2) is 60.5 Å². The predicted molar refractivity (Wildman–Crippen MR) is 95.8 cm³/mol. The molecule has 0 saturated carbocycles. The van der Waals surface area contributed by atoms with Crippen molar-refractivity contribution in [3.8, 4) is 0 Å². The molecule has 2 aliphatic heterocycles. The molecule has 0 unspecified atom stereocenters. The summed E-state index contributed by atoms with van der Waals surface area (Å²) in [5.74, 6) is 0.230. The number of rotatable bonds is 3. The molecule has 2 fully saturated rings. The van der Waals surface area contributed by atoms with Crippen LogP contribution in [0.25, 0.3) is 0 Å². The molecule has 0 bridgehead atoms. The van der Waals surface area contributed by atoms with E-state index in [1.807, 2.05) is 18.9 Å². The van der Waals surface area contributed by atoms with Gasteiger partial charge in [0, 0.05) is 19.3 Å². The number of nitrogens with one attached hydrogen (secondary N) is 1. The normalized spacial score (nSPS) is 23.6. The standard InChI is InChI=1S/C19H30N4O/c1-14-9-15(2)21-16(10-14)12-22(3)18(24)17-11-19(13-23(17)4)5-7-20-8-6-19/h9-10,17,20H,5-8,11-13H2,1-4H3/t17-/m1/s1. The zero-order valence-corrected chi connectivity index (χ0v) is 15.4. The van der Waals surface area contributed by atoms with Crippen molar-refractivity contribution in [3.05, 3.63) is 29.1 Å². The van der Waals surface area contributed by atoms with E-state index in [4.69, 9.17) is 0 Å². The Morgan fingerprint density at radius 3 is 2.75 bits per heavy atom. The first-order valence-electron chi connectivity index (χ1n) is 8.99. The summed E-state index contributed by atoms with van der Waals surface area (Å²) >= 11 is 0. The molecule has 3 rings (SSSR count). The van der Waals surface area contributed by atoms with Crippen molar-refractivity contribution in [2.45, 2.75) is 45.7 Å². The van der Waals surface area contributed by atoms with Crippen LogP contribution in [0.3, 0.4) is 0 Å². The van der Waals surface area contributed by atoms with Crippen LogP contribution in [0.5, 0.6) is 0 Å². The quantitative estimate of drug-likeness (QED) is 0.917. The predicted octanol–water partition coefficient (Wildman–Crippen LogP) is 1.73. The number of aromatic nitrogens is 1. The van der Waals surface area contributed by atoms with E-state index in [1.54, 1.807) is 0 Å². The van der Waals surface area contributed by atoms with Gasteiger partial charge < -0.3 is 10.2 Å². The number of piperidine rings is 1. The number of hydrogen-bond donors (Lipinski definition) is 1. The van der Waals surface area contributed by atoms with Crippen molar-refractivity contribution in [1.29, 1.82) is 0 Å². The molecule has 5 heteroatoms. The highest BCUT2D eigenvalue weighted by molar-refractivity contribution is 5.82. The topological polar surface area (TPSA) is 48.5 Å². The Bertz CT molecular complexity index is 589. The molecule has 2 saturated heterocycles. The lowest BCUT2D eigenvalue weighted by molar-refractivity contribution is -0.134. The van der Waals surface area contributed by atoms with E-state index in [9.17, 15) is 4.79 Å². The lowest BCUT2D eigenvalue weighted by Gasteiger charge is -2.33. The highest BCUT2D eigenvalue weighted by atomic mass is 16.2. The Kier molecular flexibility index (Phi) is 4.92. The average molecular weight is 330 g/mol. The largest absolute Gasteiger partial charge is 0.338 e. The Morgan fingerprint density at radius 1 is 1.38 bits per heavy atom. The van der Waals surface area contributed by atoms with Crippen LogP contribution in [0.15, 0.2) is 12.1 Å². The zero-order chi connectivity index (χ0) is 17.3. The fraction of sp³-hybridized carbons (Fsp3) is 0.684. The molecule has 24 heavy (non-hydrogen) atoms. The van der Waals surface area contributed by atoms with Crippen LogP contribution in [0, 0.1) is 19.3 Å². The first kappa shape index (κ1) is 17.4. The summed E-state index contributed by atoms with van der Waals surface area (Å²) in [5.41, 5.74) is 3.52. The van der Waals surface area contributed by atoms with Gasteiger partial charge in [-0.15, -0.1) is 0 Å². The molecule has 1 aromatic rings. The molecule has 2 aliphatic rings. The number of nitrogens with zero attached hydrogens (tertiary/aromatic N) is 3. The van der Waals surface area contributed by atoms with Gasteiger partial charge >= 0.3 is 0 Å². The maximum absolute atomic E-state index is 13.0. The van der Waals surface area contributed by atoms with Gasteiger partial charge in [0.15, 0.2) is 0 Å². The number of hydrogen-bond acceptors (Lipinski definition) is 4. The van der Waals surface area contributed by atoms with Gasteiger partial charge in [-0.05, 0) is 76.4 Å². The third-order valence-electron chi connectivity index (χ3n) is 5.62. The van der Waals surface area contributed by atoms with E-state index in [-0.39, 0.29) is 11.9 Å². The first-order chi connectivity index (χ1) is 11.4. The average Bonchev–Trinajstić information content (AvgIpc) is 2.82. The van der Waals surface area contributed by atoms with Gasteiger partial charge in [-0.1, -0.05) is 0 Å². The SMILES string of the molecule is Cc1cc(C)nc(CN(C)C(=O)[C@H]2CC3(CCNCC3)CN2C)c1. The highest BCUT2D eigenvalue weighted by Gasteiger charge is 2.46. The van der Waals surface area contributed by atoms with Crippen LogP contribution >= 0.6 is 0 Å². The minimum Gasteiger partial charge on any atom is -0.338 e. The zero-order valence-electron chi connectivity index (χ0n) is 15.4. The Balaban J connectivity index is 1.67. The Hall–Kier alpha value is -1.46. The summed E-state index contributed by atoms with van der Waals surface area (Å²) in [4.78, 5) is 21.7. The number of carbonyl (C=O) groups excluding carboxylic acids is 1. The Labute approximate surface area is 145 Å². The molecular weight excluding hydrogens is 300 g/mol. The number of amides is 1. The fourth-order valence-corrected chi connectivity index (χ4v) is 4.45. The van der Waals surface area contributed by atoms with Gasteiger partial charge in [0.1, 0.15) is 0 Å². The lowest BCUT2D eigenvalue weighted by atomic mass is 9.77. The molecule has 0 aliphatic carbocycles. The van der Waals surface area contributed by atoms with Gasteiger partial charge in [0.25, 0.3) is 0 Å². The van der Waals surface area contributed by atoms with E-state index >= 15 is 0 Å². The molecule has 1 amide bonds. The number of likely N-dealkylation sites (tertiary alicyclic amines) is 1. The van der Waals surface area contributed by atoms with E-state index in [1.165, 1.54) is 18.4 Å². The number of carbonyl (C=O) groups is 1. The van der Waals surface area contributed by atoms with Crippen LogP contribution in [-0.2, 0) is 11.3 Å². The van der Waals surface area contributed by atoms with Crippen molar-refractivity contribution in [2.75, 3.05) is 33.7 Å². The molecule has 5 nitrogen and oxygen atoms in total. The summed E-state index contributed by atoms with van der Waals surface area (Å²) in [7, 11) is 4.01. The number of pyridine rings is 1. The third-order valence-corrected chi connectivity index (χ3v) is 5.62. The second-order valence-corrected chi connectivity index (χ2v) is 7.86. The molecule has 0 aromatic carbocycles. The van der Waals surface area contributed by atoms with Crippen LogP contribution in [0.1, 0.15) is 36.2 Å².